The molecule has 3 aromatic carbocycles. The standard InChI is InChI=1S/C24H23NO6/c1-28-20-13-10-17(14-18(20)15-31-22-7-5-4-6-21(22)29-2)23(26)25-19-11-8-16(9-12-19)24(27)30-3/h4-14H,15H2,1-3H3,(H,25,26). The molecular formula is C24H23NO6. The maximum Gasteiger partial charge on any atom is 0.337 e. The Balaban J connectivity index is 1.74. The molecule has 3 aromatic rings. The van der Waals surface area contributed by atoms with Crippen LogP contribution in [-0.2, 0) is 11.3 Å². The topological polar surface area (TPSA) is 83.1 Å². The monoisotopic (exact) mass is 421 g/mol. The number of esters is 1. The van der Waals surface area contributed by atoms with Crippen molar-refractivity contribution in [3.8, 4) is 17.2 Å². The highest BCUT2D eigenvalue weighted by Crippen LogP contribution is 2.28. The van der Waals surface area contributed by atoms with Gasteiger partial charge in [0.2, 0.25) is 0 Å². The molecule has 0 spiro atoms. The lowest BCUT2D eigenvalue weighted by molar-refractivity contribution is 0.0600. The predicted molar refractivity (Wildman–Crippen MR) is 116 cm³/mol. The number of ether oxygens (including phenoxy) is 4. The van der Waals surface area contributed by atoms with Crippen molar-refractivity contribution >= 4 is 17.6 Å². The molecule has 7 nitrogen and oxygen atoms in total. The molecule has 0 fully saturated rings. The summed E-state index contributed by atoms with van der Waals surface area (Å²) >= 11 is 0. The lowest BCUT2D eigenvalue weighted by Crippen LogP contribution is -2.13. The fraction of sp³-hybridized carbons (Fsp3) is 0.167. The highest BCUT2D eigenvalue weighted by atomic mass is 16.5. The van der Waals surface area contributed by atoms with E-state index in [1.165, 1.54) is 7.11 Å². The molecule has 0 saturated heterocycles. The maximum atomic E-state index is 12.7. The third kappa shape index (κ3) is 5.33. The molecule has 0 aliphatic heterocycles. The summed E-state index contributed by atoms with van der Waals surface area (Å²) < 4.78 is 21.3. The predicted octanol–water partition coefficient (Wildman–Crippen LogP) is 4.32. The molecule has 0 saturated carbocycles. The van der Waals surface area contributed by atoms with Gasteiger partial charge in [-0.05, 0) is 54.6 Å². The van der Waals surface area contributed by atoms with Crippen LogP contribution in [0.4, 0.5) is 5.69 Å². The second kappa shape index (κ2) is 10.2. The Morgan fingerprint density at radius 3 is 2.06 bits per heavy atom. The van der Waals surface area contributed by atoms with Crippen LogP contribution in [0.3, 0.4) is 0 Å². The van der Waals surface area contributed by atoms with Gasteiger partial charge in [-0.25, -0.2) is 4.79 Å². The summed E-state index contributed by atoms with van der Waals surface area (Å²) in [6, 6.07) is 18.9. The number of amides is 1. The summed E-state index contributed by atoms with van der Waals surface area (Å²) in [5.74, 6) is 1.08. The summed E-state index contributed by atoms with van der Waals surface area (Å²) in [6.45, 7) is 0.193. The molecule has 1 N–H and O–H groups in total. The van der Waals surface area contributed by atoms with Crippen molar-refractivity contribution in [3.63, 3.8) is 0 Å². The molecule has 0 aliphatic rings. The van der Waals surface area contributed by atoms with Gasteiger partial charge in [0.25, 0.3) is 5.91 Å². The third-order valence-electron chi connectivity index (χ3n) is 4.56. The van der Waals surface area contributed by atoms with E-state index in [1.54, 1.807) is 62.8 Å². The number of carbonyl (C=O) groups excluding carboxylic acids is 2. The molecule has 1 amide bonds. The van der Waals surface area contributed by atoms with E-state index in [9.17, 15) is 9.59 Å². The van der Waals surface area contributed by atoms with Gasteiger partial charge in [0.15, 0.2) is 11.5 Å². The number of rotatable bonds is 8. The first-order valence-electron chi connectivity index (χ1n) is 9.48. The smallest absolute Gasteiger partial charge is 0.337 e. The van der Waals surface area contributed by atoms with Crippen LogP contribution in [0.15, 0.2) is 66.7 Å². The summed E-state index contributed by atoms with van der Waals surface area (Å²) in [7, 11) is 4.45. The molecular weight excluding hydrogens is 398 g/mol. The largest absolute Gasteiger partial charge is 0.496 e. The minimum absolute atomic E-state index is 0.193. The highest BCUT2D eigenvalue weighted by molar-refractivity contribution is 6.04. The van der Waals surface area contributed by atoms with E-state index < -0.39 is 5.97 Å². The van der Waals surface area contributed by atoms with Crippen LogP contribution in [0, 0.1) is 0 Å². The van der Waals surface area contributed by atoms with Gasteiger partial charge in [-0.1, -0.05) is 12.1 Å². The summed E-state index contributed by atoms with van der Waals surface area (Å²) in [4.78, 5) is 24.2. The number of hydrogen-bond acceptors (Lipinski definition) is 6. The fourth-order valence-electron chi connectivity index (χ4n) is 2.94. The Labute approximate surface area is 180 Å². The van der Waals surface area contributed by atoms with Gasteiger partial charge in [-0.2, -0.15) is 0 Å². The Hall–Kier alpha value is -4.00. The van der Waals surface area contributed by atoms with Crippen LogP contribution in [0.5, 0.6) is 17.2 Å². The normalized spacial score (nSPS) is 10.2. The Bertz CT molecular complexity index is 1060. The molecule has 0 unspecified atom stereocenters. The first kappa shape index (κ1) is 21.7. The second-order valence-corrected chi connectivity index (χ2v) is 6.49. The zero-order valence-corrected chi connectivity index (χ0v) is 17.5. The van der Waals surface area contributed by atoms with Crippen molar-refractivity contribution in [2.45, 2.75) is 6.61 Å². The zero-order chi connectivity index (χ0) is 22.2. The first-order chi connectivity index (χ1) is 15.0. The molecule has 0 aromatic heterocycles. The second-order valence-electron chi connectivity index (χ2n) is 6.49. The fourth-order valence-corrected chi connectivity index (χ4v) is 2.94. The highest BCUT2D eigenvalue weighted by Gasteiger charge is 2.13. The number of benzene rings is 3. The van der Waals surface area contributed by atoms with Gasteiger partial charge < -0.3 is 24.3 Å². The van der Waals surface area contributed by atoms with Gasteiger partial charge in [0, 0.05) is 16.8 Å². The van der Waals surface area contributed by atoms with Gasteiger partial charge in [-0.3, -0.25) is 4.79 Å². The molecule has 0 aliphatic carbocycles. The first-order valence-corrected chi connectivity index (χ1v) is 9.48. The molecule has 7 heteroatoms. The van der Waals surface area contributed by atoms with Crippen molar-refractivity contribution < 1.29 is 28.5 Å². The van der Waals surface area contributed by atoms with Crippen LogP contribution >= 0.6 is 0 Å². The van der Waals surface area contributed by atoms with E-state index in [0.717, 1.165) is 0 Å². The average Bonchev–Trinajstić information content (AvgIpc) is 2.82. The van der Waals surface area contributed by atoms with Crippen LogP contribution in [0.1, 0.15) is 26.3 Å². The molecule has 3 rings (SSSR count). The molecule has 31 heavy (non-hydrogen) atoms. The van der Waals surface area contributed by atoms with E-state index in [0.29, 0.717) is 39.6 Å². The lowest BCUT2D eigenvalue weighted by atomic mass is 10.1. The van der Waals surface area contributed by atoms with Gasteiger partial charge in [-0.15, -0.1) is 0 Å². The van der Waals surface area contributed by atoms with E-state index in [-0.39, 0.29) is 12.5 Å². The zero-order valence-electron chi connectivity index (χ0n) is 17.5. The van der Waals surface area contributed by atoms with E-state index in [4.69, 9.17) is 14.2 Å². The van der Waals surface area contributed by atoms with Crippen molar-refractivity contribution in [1.29, 1.82) is 0 Å². The van der Waals surface area contributed by atoms with E-state index in [1.807, 2.05) is 18.2 Å². The average molecular weight is 421 g/mol. The number of hydrogen-bond donors (Lipinski definition) is 1. The summed E-state index contributed by atoms with van der Waals surface area (Å²) in [5.41, 5.74) is 2.11. The quantitative estimate of drug-likeness (QED) is 0.546. The van der Waals surface area contributed by atoms with Gasteiger partial charge >= 0.3 is 5.97 Å². The summed E-state index contributed by atoms with van der Waals surface area (Å²) in [6.07, 6.45) is 0. The number of nitrogens with one attached hydrogen (secondary N) is 1. The number of anilines is 1. The Morgan fingerprint density at radius 2 is 1.42 bits per heavy atom. The SMILES string of the molecule is COC(=O)c1ccc(NC(=O)c2ccc(OC)c(COc3ccccc3OC)c2)cc1. The van der Waals surface area contributed by atoms with Gasteiger partial charge in [0.05, 0.1) is 26.9 Å². The molecule has 0 bridgehead atoms. The molecule has 0 radical (unpaired) electrons. The number of para-hydroxylation sites is 2. The minimum Gasteiger partial charge on any atom is -0.496 e. The maximum absolute atomic E-state index is 12.7. The van der Waals surface area contributed by atoms with Gasteiger partial charge in [0.1, 0.15) is 12.4 Å². The molecule has 0 atom stereocenters. The van der Waals surface area contributed by atoms with E-state index >= 15 is 0 Å². The van der Waals surface area contributed by atoms with Crippen molar-refractivity contribution in [2.75, 3.05) is 26.6 Å². The van der Waals surface area contributed by atoms with Crippen LogP contribution in [0.2, 0.25) is 0 Å². The van der Waals surface area contributed by atoms with Crippen molar-refractivity contribution in [1.82, 2.24) is 0 Å². The van der Waals surface area contributed by atoms with E-state index in [2.05, 4.69) is 10.1 Å². The molecule has 0 heterocycles. The number of carbonyl (C=O) groups is 2. The lowest BCUT2D eigenvalue weighted by Gasteiger charge is -2.14. The van der Waals surface area contributed by atoms with Crippen molar-refractivity contribution in [2.24, 2.45) is 0 Å². The van der Waals surface area contributed by atoms with Crippen LogP contribution < -0.4 is 19.5 Å². The third-order valence-corrected chi connectivity index (χ3v) is 4.56. The van der Waals surface area contributed by atoms with Crippen LogP contribution in [-0.4, -0.2) is 33.2 Å². The number of methoxy groups -OCH3 is 3. The van der Waals surface area contributed by atoms with Crippen molar-refractivity contribution in [3.05, 3.63) is 83.4 Å². The molecule has 160 valence electrons. The Morgan fingerprint density at radius 1 is 0.774 bits per heavy atom. The Kier molecular flexibility index (Phi) is 7.11. The minimum atomic E-state index is -0.437. The summed E-state index contributed by atoms with van der Waals surface area (Å²) in [5, 5.41) is 2.81. The van der Waals surface area contributed by atoms with Crippen LogP contribution in [0.25, 0.3) is 0 Å².